The molecule has 0 aromatic heterocycles. The Bertz CT molecular complexity index is 399. The number of hydrogen-bond donors (Lipinski definition) is 2. The van der Waals surface area contributed by atoms with Gasteiger partial charge in [0, 0.05) is 10.7 Å². The Hall–Kier alpha value is -1.26. The van der Waals surface area contributed by atoms with Gasteiger partial charge in [0.1, 0.15) is 0 Å². The van der Waals surface area contributed by atoms with E-state index in [4.69, 9.17) is 22.2 Å². The highest BCUT2D eigenvalue weighted by molar-refractivity contribution is 6.31. The fourth-order valence-electron chi connectivity index (χ4n) is 0.995. The highest BCUT2D eigenvalue weighted by Gasteiger charge is 2.15. The Labute approximate surface area is 99.7 Å². The van der Waals surface area contributed by atoms with E-state index in [2.05, 4.69) is 5.48 Å². The molecule has 5 heteroatoms. The molecule has 3 N–H and O–H groups in total. The Balaban J connectivity index is 2.74. The largest absolute Gasteiger partial charge is 0.398 e. The SMILES string of the molecule is CC(C)(C)ONC(=O)c1ccc(Cl)cc1N. The zero-order valence-corrected chi connectivity index (χ0v) is 10.3. The van der Waals surface area contributed by atoms with Crippen LogP contribution in [0.4, 0.5) is 5.69 Å². The predicted molar refractivity (Wildman–Crippen MR) is 64.2 cm³/mol. The lowest BCUT2D eigenvalue weighted by molar-refractivity contribution is -0.0589. The summed E-state index contributed by atoms with van der Waals surface area (Å²) in [5.41, 5.74) is 8.21. The van der Waals surface area contributed by atoms with Crippen molar-refractivity contribution < 1.29 is 9.63 Å². The zero-order chi connectivity index (χ0) is 12.3. The maximum absolute atomic E-state index is 11.7. The van der Waals surface area contributed by atoms with Crippen molar-refractivity contribution in [3.8, 4) is 0 Å². The van der Waals surface area contributed by atoms with Crippen molar-refractivity contribution in [2.45, 2.75) is 26.4 Å². The average Bonchev–Trinajstić information content (AvgIpc) is 2.13. The van der Waals surface area contributed by atoms with Crippen LogP contribution in [-0.4, -0.2) is 11.5 Å². The summed E-state index contributed by atoms with van der Waals surface area (Å²) in [5.74, 6) is -0.385. The summed E-state index contributed by atoms with van der Waals surface area (Å²) >= 11 is 5.73. The fraction of sp³-hybridized carbons (Fsp3) is 0.364. The van der Waals surface area contributed by atoms with E-state index in [0.29, 0.717) is 16.3 Å². The van der Waals surface area contributed by atoms with Gasteiger partial charge in [-0.3, -0.25) is 9.63 Å². The second-order valence-electron chi connectivity index (χ2n) is 4.38. The Morgan fingerprint density at radius 3 is 2.56 bits per heavy atom. The third-order valence-electron chi connectivity index (χ3n) is 1.71. The number of nitrogens with two attached hydrogens (primary N) is 1. The van der Waals surface area contributed by atoms with Gasteiger partial charge in [-0.15, -0.1) is 0 Å². The highest BCUT2D eigenvalue weighted by atomic mass is 35.5. The van der Waals surface area contributed by atoms with Crippen molar-refractivity contribution in [1.82, 2.24) is 5.48 Å². The monoisotopic (exact) mass is 242 g/mol. The molecule has 1 aromatic carbocycles. The van der Waals surface area contributed by atoms with E-state index >= 15 is 0 Å². The molecular weight excluding hydrogens is 228 g/mol. The Morgan fingerprint density at radius 1 is 1.44 bits per heavy atom. The molecular formula is C11H15ClN2O2. The van der Waals surface area contributed by atoms with E-state index in [1.54, 1.807) is 12.1 Å². The summed E-state index contributed by atoms with van der Waals surface area (Å²) < 4.78 is 0. The van der Waals surface area contributed by atoms with Crippen LogP contribution in [0, 0.1) is 0 Å². The molecule has 1 amide bonds. The number of hydroxylamine groups is 1. The average molecular weight is 243 g/mol. The Morgan fingerprint density at radius 2 is 2.06 bits per heavy atom. The number of halogens is 1. The van der Waals surface area contributed by atoms with Gasteiger partial charge in [-0.1, -0.05) is 11.6 Å². The summed E-state index contributed by atoms with van der Waals surface area (Å²) in [4.78, 5) is 16.8. The lowest BCUT2D eigenvalue weighted by atomic mass is 10.2. The van der Waals surface area contributed by atoms with Crippen molar-refractivity contribution in [1.29, 1.82) is 0 Å². The second kappa shape index (κ2) is 4.72. The predicted octanol–water partition coefficient (Wildman–Crippen LogP) is 2.38. The molecule has 16 heavy (non-hydrogen) atoms. The van der Waals surface area contributed by atoms with Crippen molar-refractivity contribution >= 4 is 23.2 Å². The normalized spacial score (nSPS) is 11.2. The first-order valence-electron chi connectivity index (χ1n) is 4.83. The lowest BCUT2D eigenvalue weighted by Gasteiger charge is -2.19. The number of nitrogen functional groups attached to an aromatic ring is 1. The van der Waals surface area contributed by atoms with Crippen LogP contribution in [-0.2, 0) is 4.84 Å². The summed E-state index contributed by atoms with van der Waals surface area (Å²) in [6, 6.07) is 4.68. The van der Waals surface area contributed by atoms with Gasteiger partial charge in [0.15, 0.2) is 0 Å². The molecule has 0 bridgehead atoms. The standard InChI is InChI=1S/C11H15ClN2O2/c1-11(2,3)16-14-10(15)8-5-4-7(12)6-9(8)13/h4-6H,13H2,1-3H3,(H,14,15). The minimum Gasteiger partial charge on any atom is -0.398 e. The number of rotatable bonds is 2. The Kier molecular flexibility index (Phi) is 3.78. The second-order valence-corrected chi connectivity index (χ2v) is 4.81. The first kappa shape index (κ1) is 12.8. The van der Waals surface area contributed by atoms with Crippen molar-refractivity contribution in [3.05, 3.63) is 28.8 Å². The first-order valence-corrected chi connectivity index (χ1v) is 5.21. The van der Waals surface area contributed by atoms with Crippen molar-refractivity contribution in [2.75, 3.05) is 5.73 Å². The number of nitrogens with one attached hydrogen (secondary N) is 1. The van der Waals surface area contributed by atoms with Gasteiger partial charge in [-0.05, 0) is 39.0 Å². The molecule has 0 saturated carbocycles. The fourth-order valence-corrected chi connectivity index (χ4v) is 1.18. The number of anilines is 1. The number of carbonyl (C=O) groups is 1. The van der Waals surface area contributed by atoms with E-state index in [9.17, 15) is 4.79 Å². The topological polar surface area (TPSA) is 64.3 Å². The third-order valence-corrected chi connectivity index (χ3v) is 1.94. The van der Waals surface area contributed by atoms with E-state index in [-0.39, 0.29) is 5.91 Å². The molecule has 1 aromatic rings. The molecule has 0 radical (unpaired) electrons. The minimum atomic E-state index is -0.448. The molecule has 0 saturated heterocycles. The molecule has 0 spiro atoms. The molecule has 0 aliphatic carbocycles. The van der Waals surface area contributed by atoms with Gasteiger partial charge in [-0.2, -0.15) is 0 Å². The van der Waals surface area contributed by atoms with Gasteiger partial charge >= 0.3 is 0 Å². The number of amides is 1. The zero-order valence-electron chi connectivity index (χ0n) is 9.50. The van der Waals surface area contributed by atoms with Crippen LogP contribution in [0.2, 0.25) is 5.02 Å². The van der Waals surface area contributed by atoms with Gasteiger partial charge in [0.05, 0.1) is 11.2 Å². The van der Waals surface area contributed by atoms with Crippen molar-refractivity contribution in [3.63, 3.8) is 0 Å². The van der Waals surface area contributed by atoms with E-state index in [0.717, 1.165) is 0 Å². The molecule has 0 aliphatic rings. The molecule has 4 nitrogen and oxygen atoms in total. The minimum absolute atomic E-state index is 0.322. The molecule has 88 valence electrons. The van der Waals surface area contributed by atoms with Gasteiger partial charge < -0.3 is 5.73 Å². The molecule has 0 unspecified atom stereocenters. The first-order chi connectivity index (χ1) is 7.29. The molecule has 0 atom stereocenters. The van der Waals surface area contributed by atoms with E-state index < -0.39 is 5.60 Å². The molecule has 0 aliphatic heterocycles. The number of hydrogen-bond acceptors (Lipinski definition) is 3. The maximum Gasteiger partial charge on any atom is 0.276 e. The van der Waals surface area contributed by atoms with E-state index in [1.807, 2.05) is 20.8 Å². The quantitative estimate of drug-likeness (QED) is 0.618. The third kappa shape index (κ3) is 3.72. The van der Waals surface area contributed by atoms with Crippen LogP contribution in [0.3, 0.4) is 0 Å². The van der Waals surface area contributed by atoms with Crippen LogP contribution in [0.15, 0.2) is 18.2 Å². The summed E-state index contributed by atoms with van der Waals surface area (Å²) in [7, 11) is 0. The molecule has 0 fully saturated rings. The smallest absolute Gasteiger partial charge is 0.276 e. The lowest BCUT2D eigenvalue weighted by Crippen LogP contribution is -2.33. The maximum atomic E-state index is 11.7. The number of carbonyl (C=O) groups excluding carboxylic acids is 1. The molecule has 0 heterocycles. The van der Waals surface area contributed by atoms with Gasteiger partial charge in [-0.25, -0.2) is 5.48 Å². The summed E-state index contributed by atoms with van der Waals surface area (Å²) in [6.07, 6.45) is 0. The summed E-state index contributed by atoms with van der Waals surface area (Å²) in [5, 5.41) is 0.491. The van der Waals surface area contributed by atoms with Crippen LogP contribution in [0.5, 0.6) is 0 Å². The van der Waals surface area contributed by atoms with Crippen LogP contribution >= 0.6 is 11.6 Å². The highest BCUT2D eigenvalue weighted by Crippen LogP contribution is 2.18. The van der Waals surface area contributed by atoms with Crippen molar-refractivity contribution in [2.24, 2.45) is 0 Å². The molecule has 1 rings (SSSR count). The summed E-state index contributed by atoms with van der Waals surface area (Å²) in [6.45, 7) is 5.50. The number of benzene rings is 1. The van der Waals surface area contributed by atoms with Crippen LogP contribution in [0.1, 0.15) is 31.1 Å². The van der Waals surface area contributed by atoms with Crippen LogP contribution < -0.4 is 11.2 Å². The van der Waals surface area contributed by atoms with Gasteiger partial charge in [0.2, 0.25) is 0 Å². The van der Waals surface area contributed by atoms with E-state index in [1.165, 1.54) is 6.07 Å². The van der Waals surface area contributed by atoms with Crippen LogP contribution in [0.25, 0.3) is 0 Å². The van der Waals surface area contributed by atoms with Gasteiger partial charge in [0.25, 0.3) is 5.91 Å².